The average Bonchev–Trinajstić information content (AvgIpc) is 2.76. The van der Waals surface area contributed by atoms with E-state index >= 15 is 0 Å². The van der Waals surface area contributed by atoms with Gasteiger partial charge >= 0.3 is 0 Å². The molecule has 0 spiro atoms. The molecule has 0 fully saturated rings. The Morgan fingerprint density at radius 3 is 2.28 bits per heavy atom. The van der Waals surface area contributed by atoms with Gasteiger partial charge in [0, 0.05) is 6.04 Å². The lowest BCUT2D eigenvalue weighted by atomic mass is 10.1. The summed E-state index contributed by atoms with van der Waals surface area (Å²) >= 11 is 0. The van der Waals surface area contributed by atoms with E-state index in [1.54, 1.807) is 0 Å². The van der Waals surface area contributed by atoms with E-state index in [-0.39, 0.29) is 11.7 Å². The monoisotopic (exact) mass is 245 g/mol. The van der Waals surface area contributed by atoms with Gasteiger partial charge in [0.25, 0.3) is 0 Å². The van der Waals surface area contributed by atoms with Crippen molar-refractivity contribution in [3.8, 4) is 0 Å². The molecule has 0 aliphatic heterocycles. The molecule has 0 saturated heterocycles. The first-order valence-electron chi connectivity index (χ1n) is 6.01. The van der Waals surface area contributed by atoms with Gasteiger partial charge in [0.2, 0.25) is 0 Å². The fraction of sp³-hybridized carbons (Fsp3) is 0.200. The summed E-state index contributed by atoms with van der Waals surface area (Å²) in [5, 5.41) is 3.08. The third-order valence-corrected chi connectivity index (χ3v) is 3.34. The maximum absolute atomic E-state index is 13.5. The second-order valence-electron chi connectivity index (χ2n) is 4.64. The smallest absolute Gasteiger partial charge is 0.146 e. The van der Waals surface area contributed by atoms with Gasteiger partial charge < -0.3 is 5.32 Å². The van der Waals surface area contributed by atoms with E-state index in [1.165, 1.54) is 17.2 Å². The van der Waals surface area contributed by atoms with Gasteiger partial charge in [-0.05, 0) is 42.2 Å². The van der Waals surface area contributed by atoms with Crippen LogP contribution in [-0.2, 0) is 12.8 Å². The third kappa shape index (κ3) is 2.08. The van der Waals surface area contributed by atoms with Crippen molar-refractivity contribution in [3.63, 3.8) is 0 Å². The van der Waals surface area contributed by atoms with E-state index in [4.69, 9.17) is 0 Å². The molecule has 0 unspecified atom stereocenters. The zero-order valence-corrected chi connectivity index (χ0v) is 9.79. The van der Waals surface area contributed by atoms with Gasteiger partial charge in [0.1, 0.15) is 11.6 Å². The van der Waals surface area contributed by atoms with E-state index < -0.39 is 11.6 Å². The number of hydrogen-bond acceptors (Lipinski definition) is 1. The number of nitrogens with one attached hydrogen (secondary N) is 1. The number of rotatable bonds is 2. The molecule has 0 bridgehead atoms. The van der Waals surface area contributed by atoms with Crippen LogP contribution in [0.4, 0.5) is 14.5 Å². The minimum atomic E-state index is -0.422. The maximum Gasteiger partial charge on any atom is 0.146 e. The summed E-state index contributed by atoms with van der Waals surface area (Å²) in [5.41, 5.74) is 2.81. The highest BCUT2D eigenvalue weighted by Gasteiger charge is 2.21. The van der Waals surface area contributed by atoms with Crippen LogP contribution in [0, 0.1) is 11.6 Å². The van der Waals surface area contributed by atoms with Crippen molar-refractivity contribution < 1.29 is 8.78 Å². The molecule has 2 aromatic carbocycles. The van der Waals surface area contributed by atoms with Crippen molar-refractivity contribution in [1.82, 2.24) is 0 Å². The minimum Gasteiger partial charge on any atom is -0.379 e. The molecule has 92 valence electrons. The molecule has 0 aromatic heterocycles. The second kappa shape index (κ2) is 4.41. The fourth-order valence-corrected chi connectivity index (χ4v) is 2.49. The van der Waals surface area contributed by atoms with Crippen molar-refractivity contribution in [2.45, 2.75) is 18.9 Å². The second-order valence-corrected chi connectivity index (χ2v) is 4.64. The quantitative estimate of drug-likeness (QED) is 0.853. The number of benzene rings is 2. The molecular weight excluding hydrogens is 232 g/mol. The van der Waals surface area contributed by atoms with E-state index in [9.17, 15) is 8.78 Å². The summed E-state index contributed by atoms with van der Waals surface area (Å²) in [4.78, 5) is 0. The largest absolute Gasteiger partial charge is 0.379 e. The summed E-state index contributed by atoms with van der Waals surface area (Å²) in [5.74, 6) is -0.832. The zero-order valence-electron chi connectivity index (χ0n) is 9.79. The van der Waals surface area contributed by atoms with E-state index in [2.05, 4.69) is 17.4 Å². The van der Waals surface area contributed by atoms with Gasteiger partial charge in [-0.3, -0.25) is 0 Å². The fourth-order valence-electron chi connectivity index (χ4n) is 2.49. The molecule has 0 amide bonds. The first-order chi connectivity index (χ1) is 8.72. The Morgan fingerprint density at radius 2 is 1.61 bits per heavy atom. The number of hydrogen-bond donors (Lipinski definition) is 1. The van der Waals surface area contributed by atoms with Crippen molar-refractivity contribution in [3.05, 3.63) is 65.2 Å². The molecule has 0 saturated carbocycles. The molecule has 3 heteroatoms. The SMILES string of the molecule is Fc1ccc(F)c(NC2Cc3ccccc3C2)c1. The molecule has 2 aromatic rings. The van der Waals surface area contributed by atoms with Gasteiger partial charge in [-0.25, -0.2) is 8.78 Å². The number of halogens is 2. The Balaban J connectivity index is 1.78. The van der Waals surface area contributed by atoms with Crippen LogP contribution >= 0.6 is 0 Å². The molecule has 1 N–H and O–H groups in total. The molecule has 1 nitrogen and oxygen atoms in total. The van der Waals surface area contributed by atoms with Crippen LogP contribution in [0.25, 0.3) is 0 Å². The van der Waals surface area contributed by atoms with Crippen LogP contribution in [0.15, 0.2) is 42.5 Å². The molecule has 1 aliphatic rings. The molecule has 1 aliphatic carbocycles. The maximum atomic E-state index is 13.5. The molecule has 0 atom stereocenters. The first kappa shape index (κ1) is 11.2. The highest BCUT2D eigenvalue weighted by molar-refractivity contribution is 5.48. The highest BCUT2D eigenvalue weighted by Crippen LogP contribution is 2.25. The summed E-state index contributed by atoms with van der Waals surface area (Å²) in [7, 11) is 0. The predicted molar refractivity (Wildman–Crippen MR) is 67.6 cm³/mol. The topological polar surface area (TPSA) is 12.0 Å². The minimum absolute atomic E-state index is 0.138. The van der Waals surface area contributed by atoms with Crippen molar-refractivity contribution >= 4 is 5.69 Å². The lowest BCUT2D eigenvalue weighted by Crippen LogP contribution is -2.20. The van der Waals surface area contributed by atoms with Crippen LogP contribution < -0.4 is 5.32 Å². The highest BCUT2D eigenvalue weighted by atomic mass is 19.1. The van der Waals surface area contributed by atoms with Gasteiger partial charge in [-0.15, -0.1) is 0 Å². The Labute approximate surface area is 104 Å². The molecule has 18 heavy (non-hydrogen) atoms. The average molecular weight is 245 g/mol. The predicted octanol–water partition coefficient (Wildman–Crippen LogP) is 3.54. The standard InChI is InChI=1S/C15H13F2N/c16-12-5-6-14(17)15(9-12)18-13-7-10-3-1-2-4-11(10)8-13/h1-6,9,13,18H,7-8H2. The Bertz CT molecular complexity index is 555. The van der Waals surface area contributed by atoms with E-state index in [0.29, 0.717) is 0 Å². The van der Waals surface area contributed by atoms with Crippen molar-refractivity contribution in [2.24, 2.45) is 0 Å². The molecule has 0 radical (unpaired) electrons. The number of anilines is 1. The van der Waals surface area contributed by atoms with Gasteiger partial charge in [0.15, 0.2) is 0 Å². The first-order valence-corrected chi connectivity index (χ1v) is 6.01. The van der Waals surface area contributed by atoms with Gasteiger partial charge in [-0.1, -0.05) is 24.3 Å². The summed E-state index contributed by atoms with van der Waals surface area (Å²) in [6.45, 7) is 0. The van der Waals surface area contributed by atoms with E-state index in [0.717, 1.165) is 25.0 Å². The van der Waals surface area contributed by atoms with Crippen LogP contribution in [0.2, 0.25) is 0 Å². The van der Waals surface area contributed by atoms with Gasteiger partial charge in [0.05, 0.1) is 5.69 Å². The molecular formula is C15H13F2N. The molecule has 0 heterocycles. The Morgan fingerprint density at radius 1 is 0.944 bits per heavy atom. The summed E-state index contributed by atoms with van der Waals surface area (Å²) in [6.07, 6.45) is 1.71. The Kier molecular flexibility index (Phi) is 2.74. The van der Waals surface area contributed by atoms with E-state index in [1.807, 2.05) is 12.1 Å². The zero-order chi connectivity index (χ0) is 12.5. The van der Waals surface area contributed by atoms with Gasteiger partial charge in [-0.2, -0.15) is 0 Å². The van der Waals surface area contributed by atoms with Crippen LogP contribution in [0.5, 0.6) is 0 Å². The van der Waals surface area contributed by atoms with Crippen LogP contribution in [-0.4, -0.2) is 6.04 Å². The van der Waals surface area contributed by atoms with Crippen LogP contribution in [0.3, 0.4) is 0 Å². The third-order valence-electron chi connectivity index (χ3n) is 3.34. The molecule has 3 rings (SSSR count). The lowest BCUT2D eigenvalue weighted by Gasteiger charge is -2.14. The number of fused-ring (bicyclic) bond motifs is 1. The van der Waals surface area contributed by atoms with Crippen molar-refractivity contribution in [2.75, 3.05) is 5.32 Å². The normalized spacial score (nSPS) is 14.6. The van der Waals surface area contributed by atoms with Crippen LogP contribution in [0.1, 0.15) is 11.1 Å². The Hall–Kier alpha value is -1.90. The summed E-state index contributed by atoms with van der Waals surface area (Å²) < 4.78 is 26.6. The lowest BCUT2D eigenvalue weighted by molar-refractivity contribution is 0.599. The van der Waals surface area contributed by atoms with Crippen molar-refractivity contribution in [1.29, 1.82) is 0 Å². The summed E-state index contributed by atoms with van der Waals surface area (Å²) in [6, 6.07) is 11.8.